The summed E-state index contributed by atoms with van der Waals surface area (Å²) in [6.07, 6.45) is 1.50. The molecule has 8 nitrogen and oxygen atoms in total. The van der Waals surface area contributed by atoms with E-state index >= 15 is 0 Å². The van der Waals surface area contributed by atoms with Crippen LogP contribution in [0.25, 0.3) is 16.9 Å². The molecule has 130 valence electrons. The van der Waals surface area contributed by atoms with Gasteiger partial charge in [0.1, 0.15) is 0 Å². The molecular weight excluding hydrogens is 334 g/mol. The molecule has 1 aromatic carbocycles. The van der Waals surface area contributed by atoms with E-state index in [0.29, 0.717) is 28.2 Å². The molecule has 8 heteroatoms. The van der Waals surface area contributed by atoms with Crippen molar-refractivity contribution in [3.63, 3.8) is 0 Å². The number of H-pyrrole nitrogens is 1. The average Bonchev–Trinajstić information content (AvgIpc) is 3.15. The standard InChI is InChI=1S/C18H15N5O3/c1-10-7-11(2)23(22-10)16-6-3-12(9-19-16)17(24)20-13-4-5-15-14(8-13)21-18(25)26-15/h3-9H,1-2H3,(H,20,24)(H,21,25). The number of carbonyl (C=O) groups excluding carboxylic acids is 1. The van der Waals surface area contributed by atoms with Gasteiger partial charge >= 0.3 is 5.76 Å². The van der Waals surface area contributed by atoms with Crippen LogP contribution in [-0.2, 0) is 0 Å². The van der Waals surface area contributed by atoms with Gasteiger partial charge in [0.25, 0.3) is 5.91 Å². The monoisotopic (exact) mass is 349 g/mol. The smallest absolute Gasteiger partial charge is 0.408 e. The van der Waals surface area contributed by atoms with Gasteiger partial charge in [-0.05, 0) is 50.2 Å². The first-order chi connectivity index (χ1) is 12.5. The summed E-state index contributed by atoms with van der Waals surface area (Å²) in [4.78, 5) is 30.5. The van der Waals surface area contributed by atoms with Crippen molar-refractivity contribution in [1.82, 2.24) is 19.7 Å². The number of benzene rings is 1. The number of nitrogens with zero attached hydrogens (tertiary/aromatic N) is 3. The summed E-state index contributed by atoms with van der Waals surface area (Å²) >= 11 is 0. The van der Waals surface area contributed by atoms with E-state index in [-0.39, 0.29) is 5.91 Å². The molecule has 0 aliphatic heterocycles. The number of anilines is 1. The minimum Gasteiger partial charge on any atom is -0.408 e. The van der Waals surface area contributed by atoms with Crippen molar-refractivity contribution in [3.8, 4) is 5.82 Å². The number of oxazole rings is 1. The summed E-state index contributed by atoms with van der Waals surface area (Å²) < 4.78 is 6.66. The van der Waals surface area contributed by atoms with Gasteiger partial charge in [0.2, 0.25) is 0 Å². The Morgan fingerprint density at radius 2 is 2.04 bits per heavy atom. The average molecular weight is 349 g/mol. The van der Waals surface area contributed by atoms with Crippen molar-refractivity contribution in [2.45, 2.75) is 13.8 Å². The predicted octanol–water partition coefficient (Wildman–Crippen LogP) is 2.57. The van der Waals surface area contributed by atoms with E-state index in [1.165, 1.54) is 6.20 Å². The number of rotatable bonds is 3. The molecule has 0 spiro atoms. The number of carbonyl (C=O) groups is 1. The third-order valence-corrected chi connectivity index (χ3v) is 3.91. The summed E-state index contributed by atoms with van der Waals surface area (Å²) in [6.45, 7) is 3.86. The molecule has 0 radical (unpaired) electrons. The Kier molecular flexibility index (Phi) is 3.65. The number of nitrogens with one attached hydrogen (secondary N) is 2. The largest absolute Gasteiger partial charge is 0.417 e. The zero-order valence-corrected chi connectivity index (χ0v) is 14.1. The lowest BCUT2D eigenvalue weighted by Gasteiger charge is -2.07. The molecule has 1 amide bonds. The molecule has 3 aromatic heterocycles. The first kappa shape index (κ1) is 15.8. The Morgan fingerprint density at radius 1 is 1.19 bits per heavy atom. The number of hydrogen-bond donors (Lipinski definition) is 2. The SMILES string of the molecule is Cc1cc(C)n(-c2ccc(C(=O)Nc3ccc4oc(=O)[nH]c4c3)cn2)n1. The van der Waals surface area contributed by atoms with Gasteiger partial charge in [-0.1, -0.05) is 0 Å². The number of aromatic amines is 1. The van der Waals surface area contributed by atoms with Gasteiger partial charge in [-0.25, -0.2) is 14.5 Å². The molecule has 0 bridgehead atoms. The zero-order chi connectivity index (χ0) is 18.3. The van der Waals surface area contributed by atoms with Gasteiger partial charge in [-0.2, -0.15) is 5.10 Å². The molecule has 0 unspecified atom stereocenters. The number of aryl methyl sites for hydroxylation is 2. The van der Waals surface area contributed by atoms with E-state index in [4.69, 9.17) is 4.42 Å². The summed E-state index contributed by atoms with van der Waals surface area (Å²) in [7, 11) is 0. The maximum absolute atomic E-state index is 12.4. The molecule has 26 heavy (non-hydrogen) atoms. The van der Waals surface area contributed by atoms with Crippen molar-refractivity contribution in [2.24, 2.45) is 0 Å². The van der Waals surface area contributed by atoms with E-state index < -0.39 is 5.76 Å². The Morgan fingerprint density at radius 3 is 2.73 bits per heavy atom. The van der Waals surface area contributed by atoms with Crippen LogP contribution in [0.5, 0.6) is 0 Å². The van der Waals surface area contributed by atoms with Gasteiger partial charge < -0.3 is 9.73 Å². The summed E-state index contributed by atoms with van der Waals surface area (Å²) in [5, 5.41) is 7.14. The summed E-state index contributed by atoms with van der Waals surface area (Å²) in [6, 6.07) is 10.3. The van der Waals surface area contributed by atoms with Crippen LogP contribution in [0.3, 0.4) is 0 Å². The van der Waals surface area contributed by atoms with Gasteiger partial charge in [0.05, 0.1) is 16.8 Å². The maximum atomic E-state index is 12.4. The molecule has 0 aliphatic carbocycles. The zero-order valence-electron chi connectivity index (χ0n) is 14.1. The predicted molar refractivity (Wildman–Crippen MR) is 95.6 cm³/mol. The minimum absolute atomic E-state index is 0.303. The first-order valence-electron chi connectivity index (χ1n) is 7.93. The highest BCUT2D eigenvalue weighted by Gasteiger charge is 2.10. The maximum Gasteiger partial charge on any atom is 0.417 e. The second-order valence-electron chi connectivity index (χ2n) is 5.92. The molecular formula is C18H15N5O3. The van der Waals surface area contributed by atoms with E-state index in [9.17, 15) is 9.59 Å². The quantitative estimate of drug-likeness (QED) is 0.591. The van der Waals surface area contributed by atoms with Crippen molar-refractivity contribution in [3.05, 3.63) is 70.1 Å². The Hall–Kier alpha value is -3.68. The normalized spacial score (nSPS) is 11.0. The topological polar surface area (TPSA) is 106 Å². The van der Waals surface area contributed by atoms with Crippen LogP contribution in [0.2, 0.25) is 0 Å². The molecule has 0 fully saturated rings. The fraction of sp³-hybridized carbons (Fsp3) is 0.111. The van der Waals surface area contributed by atoms with Crippen LogP contribution in [0.1, 0.15) is 21.7 Å². The summed E-state index contributed by atoms with van der Waals surface area (Å²) in [5.74, 6) is -0.195. The lowest BCUT2D eigenvalue weighted by Crippen LogP contribution is -2.13. The first-order valence-corrected chi connectivity index (χ1v) is 7.93. The number of aromatic nitrogens is 4. The van der Waals surface area contributed by atoms with Gasteiger partial charge in [0.15, 0.2) is 11.4 Å². The Bertz CT molecular complexity index is 1170. The second-order valence-corrected chi connectivity index (χ2v) is 5.92. The van der Waals surface area contributed by atoms with Crippen LogP contribution in [0, 0.1) is 13.8 Å². The fourth-order valence-electron chi connectivity index (χ4n) is 2.74. The van der Waals surface area contributed by atoms with Crippen LogP contribution in [-0.4, -0.2) is 25.7 Å². The lowest BCUT2D eigenvalue weighted by atomic mass is 10.2. The fourth-order valence-corrected chi connectivity index (χ4v) is 2.74. The van der Waals surface area contributed by atoms with Crippen molar-refractivity contribution in [2.75, 3.05) is 5.32 Å². The molecule has 0 saturated carbocycles. The number of amides is 1. The van der Waals surface area contributed by atoms with Gasteiger partial charge in [-0.15, -0.1) is 0 Å². The lowest BCUT2D eigenvalue weighted by molar-refractivity contribution is 0.102. The van der Waals surface area contributed by atoms with Gasteiger partial charge in [-0.3, -0.25) is 9.78 Å². The molecule has 0 atom stereocenters. The van der Waals surface area contributed by atoms with E-state index in [1.807, 2.05) is 19.9 Å². The third kappa shape index (κ3) is 2.88. The van der Waals surface area contributed by atoms with Crippen LogP contribution >= 0.6 is 0 Å². The highest BCUT2D eigenvalue weighted by Crippen LogP contribution is 2.17. The molecule has 4 rings (SSSR count). The van der Waals surface area contributed by atoms with Crippen LogP contribution < -0.4 is 11.1 Å². The van der Waals surface area contributed by atoms with Crippen molar-refractivity contribution in [1.29, 1.82) is 0 Å². The number of hydrogen-bond acceptors (Lipinski definition) is 5. The molecule has 3 heterocycles. The Balaban J connectivity index is 1.55. The molecule has 4 aromatic rings. The summed E-state index contributed by atoms with van der Waals surface area (Å²) in [5.41, 5.74) is 3.78. The van der Waals surface area contributed by atoms with E-state index in [1.54, 1.807) is 35.0 Å². The number of pyridine rings is 1. The Labute approximate surface area is 147 Å². The second kappa shape index (κ2) is 5.99. The van der Waals surface area contributed by atoms with Gasteiger partial charge in [0, 0.05) is 17.6 Å². The van der Waals surface area contributed by atoms with E-state index in [2.05, 4.69) is 20.4 Å². The highest BCUT2D eigenvalue weighted by molar-refractivity contribution is 6.04. The molecule has 2 N–H and O–H groups in total. The van der Waals surface area contributed by atoms with E-state index in [0.717, 1.165) is 11.4 Å². The van der Waals surface area contributed by atoms with Crippen LogP contribution in [0.15, 0.2) is 51.8 Å². The van der Waals surface area contributed by atoms with Crippen molar-refractivity contribution < 1.29 is 9.21 Å². The third-order valence-electron chi connectivity index (χ3n) is 3.91. The molecule has 0 saturated heterocycles. The molecule has 0 aliphatic rings. The number of fused-ring (bicyclic) bond motifs is 1. The van der Waals surface area contributed by atoms with Crippen molar-refractivity contribution >= 4 is 22.7 Å². The van der Waals surface area contributed by atoms with Crippen LogP contribution in [0.4, 0.5) is 5.69 Å². The minimum atomic E-state index is -0.535. The highest BCUT2D eigenvalue weighted by atomic mass is 16.4.